The number of nitrogens with one attached hydrogen (secondary N) is 1. The molecule has 4 nitrogen and oxygen atoms in total. The second kappa shape index (κ2) is 6.39. The third kappa shape index (κ3) is 3.08. The Morgan fingerprint density at radius 1 is 1.35 bits per heavy atom. The molecule has 2 aromatic rings. The van der Waals surface area contributed by atoms with Crippen molar-refractivity contribution in [1.82, 2.24) is 10.3 Å². The molecular formula is C16H21N3O. The second-order valence-corrected chi connectivity index (χ2v) is 4.82. The van der Waals surface area contributed by atoms with Gasteiger partial charge in [0.05, 0.1) is 7.11 Å². The Labute approximate surface area is 120 Å². The van der Waals surface area contributed by atoms with Gasteiger partial charge in [0.15, 0.2) is 0 Å². The number of rotatable bonds is 5. The van der Waals surface area contributed by atoms with Gasteiger partial charge in [-0.15, -0.1) is 0 Å². The minimum atomic E-state index is 0.135. The number of ether oxygens (including phenoxy) is 1. The number of aryl methyl sites for hydroxylation is 1. The highest BCUT2D eigenvalue weighted by atomic mass is 16.5. The van der Waals surface area contributed by atoms with Crippen molar-refractivity contribution in [3.05, 3.63) is 53.2 Å². The molecule has 0 aliphatic rings. The Bertz CT molecular complexity index is 563. The highest BCUT2D eigenvalue weighted by Crippen LogP contribution is 2.26. The standard InChI is InChI=1S/C16H21N3O/c1-11-7-8-19-16(17)15(11)14(18-2)10-12-5-4-6-13(9-12)20-3/h4-9,14,18H,10H2,1-3H3,(H2,17,19). The highest BCUT2D eigenvalue weighted by molar-refractivity contribution is 5.46. The molecule has 0 amide bonds. The van der Waals surface area contributed by atoms with E-state index in [1.54, 1.807) is 13.3 Å². The molecule has 0 radical (unpaired) electrons. The van der Waals surface area contributed by atoms with Crippen molar-refractivity contribution in [2.75, 3.05) is 19.9 Å². The van der Waals surface area contributed by atoms with Crippen molar-refractivity contribution in [2.24, 2.45) is 0 Å². The lowest BCUT2D eigenvalue weighted by Gasteiger charge is -2.20. The zero-order valence-electron chi connectivity index (χ0n) is 12.2. The quantitative estimate of drug-likeness (QED) is 0.877. The minimum absolute atomic E-state index is 0.135. The van der Waals surface area contributed by atoms with E-state index in [9.17, 15) is 0 Å². The van der Waals surface area contributed by atoms with Crippen LogP contribution in [0.1, 0.15) is 22.7 Å². The van der Waals surface area contributed by atoms with E-state index in [0.29, 0.717) is 5.82 Å². The largest absolute Gasteiger partial charge is 0.497 e. The summed E-state index contributed by atoms with van der Waals surface area (Å²) in [6.45, 7) is 2.06. The van der Waals surface area contributed by atoms with Crippen molar-refractivity contribution in [1.29, 1.82) is 0 Å². The van der Waals surface area contributed by atoms with Crippen molar-refractivity contribution < 1.29 is 4.74 Å². The van der Waals surface area contributed by atoms with E-state index >= 15 is 0 Å². The van der Waals surface area contributed by atoms with Gasteiger partial charge < -0.3 is 15.8 Å². The fraction of sp³-hybridized carbons (Fsp3) is 0.312. The summed E-state index contributed by atoms with van der Waals surface area (Å²) in [7, 11) is 3.62. The highest BCUT2D eigenvalue weighted by Gasteiger charge is 2.16. The Kier molecular flexibility index (Phi) is 4.58. The smallest absolute Gasteiger partial charge is 0.128 e. The maximum atomic E-state index is 6.03. The van der Waals surface area contributed by atoms with Crippen LogP contribution >= 0.6 is 0 Å². The van der Waals surface area contributed by atoms with Gasteiger partial charge in [-0.2, -0.15) is 0 Å². The number of likely N-dealkylation sites (N-methyl/N-ethyl adjacent to an activating group) is 1. The molecule has 1 aromatic carbocycles. The van der Waals surface area contributed by atoms with Crippen molar-refractivity contribution in [3.63, 3.8) is 0 Å². The van der Waals surface area contributed by atoms with E-state index in [1.165, 1.54) is 5.56 Å². The van der Waals surface area contributed by atoms with Gasteiger partial charge in [-0.05, 0) is 49.7 Å². The van der Waals surface area contributed by atoms with E-state index in [0.717, 1.165) is 23.3 Å². The number of nitrogens with two attached hydrogens (primary N) is 1. The molecule has 1 atom stereocenters. The first-order valence-corrected chi connectivity index (χ1v) is 6.67. The van der Waals surface area contributed by atoms with Gasteiger partial charge in [-0.25, -0.2) is 4.98 Å². The Morgan fingerprint density at radius 3 is 2.80 bits per heavy atom. The molecule has 0 spiro atoms. The third-order valence-electron chi connectivity index (χ3n) is 3.51. The van der Waals surface area contributed by atoms with Gasteiger partial charge in [0, 0.05) is 17.8 Å². The zero-order chi connectivity index (χ0) is 14.5. The van der Waals surface area contributed by atoms with E-state index in [2.05, 4.69) is 23.3 Å². The molecule has 1 heterocycles. The number of hydrogen-bond acceptors (Lipinski definition) is 4. The molecule has 106 valence electrons. The van der Waals surface area contributed by atoms with E-state index in [4.69, 9.17) is 10.5 Å². The van der Waals surface area contributed by atoms with Gasteiger partial charge in [0.1, 0.15) is 11.6 Å². The van der Waals surface area contributed by atoms with Crippen LogP contribution in [0.25, 0.3) is 0 Å². The number of nitrogens with zero attached hydrogens (tertiary/aromatic N) is 1. The summed E-state index contributed by atoms with van der Waals surface area (Å²) in [6, 6.07) is 10.2. The molecule has 0 saturated carbocycles. The molecule has 20 heavy (non-hydrogen) atoms. The number of methoxy groups -OCH3 is 1. The molecule has 0 fully saturated rings. The average molecular weight is 271 g/mol. The van der Waals surface area contributed by atoms with Gasteiger partial charge in [-0.1, -0.05) is 12.1 Å². The van der Waals surface area contributed by atoms with Crippen LogP contribution in [0.2, 0.25) is 0 Å². The second-order valence-electron chi connectivity index (χ2n) is 4.82. The number of hydrogen-bond donors (Lipinski definition) is 2. The van der Waals surface area contributed by atoms with Gasteiger partial charge >= 0.3 is 0 Å². The third-order valence-corrected chi connectivity index (χ3v) is 3.51. The average Bonchev–Trinajstić information content (AvgIpc) is 2.46. The van der Waals surface area contributed by atoms with Crippen LogP contribution in [-0.2, 0) is 6.42 Å². The lowest BCUT2D eigenvalue weighted by molar-refractivity contribution is 0.414. The Hall–Kier alpha value is -2.07. The van der Waals surface area contributed by atoms with Crippen molar-refractivity contribution in [3.8, 4) is 5.75 Å². The molecule has 1 unspecified atom stereocenters. The first kappa shape index (κ1) is 14.3. The summed E-state index contributed by atoms with van der Waals surface area (Å²) in [6.07, 6.45) is 2.58. The molecule has 3 N–H and O–H groups in total. The molecular weight excluding hydrogens is 250 g/mol. The Morgan fingerprint density at radius 2 is 2.15 bits per heavy atom. The number of aromatic nitrogens is 1. The molecule has 0 saturated heterocycles. The minimum Gasteiger partial charge on any atom is -0.497 e. The van der Waals surface area contributed by atoms with Crippen LogP contribution < -0.4 is 15.8 Å². The predicted molar refractivity (Wildman–Crippen MR) is 81.9 cm³/mol. The van der Waals surface area contributed by atoms with Gasteiger partial charge in [0.25, 0.3) is 0 Å². The number of benzene rings is 1. The normalized spacial score (nSPS) is 12.2. The molecule has 2 rings (SSSR count). The van der Waals surface area contributed by atoms with Crippen LogP contribution in [0.3, 0.4) is 0 Å². The van der Waals surface area contributed by atoms with Crippen molar-refractivity contribution >= 4 is 5.82 Å². The predicted octanol–water partition coefficient (Wildman–Crippen LogP) is 2.48. The molecule has 0 aliphatic carbocycles. The van der Waals surface area contributed by atoms with Crippen molar-refractivity contribution in [2.45, 2.75) is 19.4 Å². The summed E-state index contributed by atoms with van der Waals surface area (Å²) >= 11 is 0. The maximum absolute atomic E-state index is 6.03. The molecule has 0 aliphatic heterocycles. The summed E-state index contributed by atoms with van der Waals surface area (Å²) in [5.74, 6) is 1.46. The maximum Gasteiger partial charge on any atom is 0.128 e. The fourth-order valence-electron chi connectivity index (χ4n) is 2.43. The topological polar surface area (TPSA) is 60.2 Å². The van der Waals surface area contributed by atoms with Crippen LogP contribution in [0, 0.1) is 6.92 Å². The lowest BCUT2D eigenvalue weighted by atomic mass is 9.96. The number of nitrogen functional groups attached to an aromatic ring is 1. The van der Waals surface area contributed by atoms with Gasteiger partial charge in [0.2, 0.25) is 0 Å². The Balaban J connectivity index is 2.29. The van der Waals surface area contributed by atoms with E-state index in [-0.39, 0.29) is 6.04 Å². The first-order chi connectivity index (χ1) is 9.65. The summed E-state index contributed by atoms with van der Waals surface area (Å²) < 4.78 is 5.27. The summed E-state index contributed by atoms with van der Waals surface area (Å²) in [5, 5.41) is 3.33. The fourth-order valence-corrected chi connectivity index (χ4v) is 2.43. The summed E-state index contributed by atoms with van der Waals surface area (Å²) in [4.78, 5) is 4.20. The van der Waals surface area contributed by atoms with E-state index in [1.807, 2.05) is 31.3 Å². The first-order valence-electron chi connectivity index (χ1n) is 6.67. The van der Waals surface area contributed by atoms with Crippen LogP contribution in [0.4, 0.5) is 5.82 Å². The van der Waals surface area contributed by atoms with Gasteiger partial charge in [-0.3, -0.25) is 0 Å². The number of anilines is 1. The SMILES string of the molecule is CNC(Cc1cccc(OC)c1)c1c(C)ccnc1N. The van der Waals surface area contributed by atoms with Crippen LogP contribution in [-0.4, -0.2) is 19.1 Å². The molecule has 1 aromatic heterocycles. The monoisotopic (exact) mass is 271 g/mol. The zero-order valence-corrected chi connectivity index (χ0v) is 12.2. The summed E-state index contributed by atoms with van der Waals surface area (Å²) in [5.41, 5.74) is 9.45. The van der Waals surface area contributed by atoms with Crippen LogP contribution in [0.5, 0.6) is 5.75 Å². The number of pyridine rings is 1. The molecule has 0 bridgehead atoms. The molecule has 4 heteroatoms. The van der Waals surface area contributed by atoms with Crippen LogP contribution in [0.15, 0.2) is 36.5 Å². The lowest BCUT2D eigenvalue weighted by Crippen LogP contribution is -2.21. The van der Waals surface area contributed by atoms with E-state index < -0.39 is 0 Å².